The van der Waals surface area contributed by atoms with Crippen molar-refractivity contribution in [3.05, 3.63) is 179 Å². The van der Waals surface area contributed by atoms with E-state index in [0.717, 1.165) is 21.9 Å². The molecule has 2 aromatic heterocycles. The summed E-state index contributed by atoms with van der Waals surface area (Å²) in [5, 5.41) is 7.89. The standard InChI is InChI=1S/C50H32OS/c1-50(2)38-18-9-16-34-35-17-10-20-42-46(35)49-43(52-42)27-37(36-23-24-39(50)48(45(34)38)47(36)49)29-13-8-14-30(25-29)44(28-11-4-3-5-12-28)31-21-22-33-32-15-6-7-19-40(32)51-41(33)26-31/h3-27,44H,1-2H3. The van der Waals surface area contributed by atoms with E-state index < -0.39 is 0 Å². The van der Waals surface area contributed by atoms with Crippen molar-refractivity contribution < 1.29 is 4.42 Å². The quantitative estimate of drug-likeness (QED) is 0.169. The predicted octanol–water partition coefficient (Wildman–Crippen LogP) is 14.2. The van der Waals surface area contributed by atoms with Gasteiger partial charge in [-0.15, -0.1) is 11.3 Å². The maximum atomic E-state index is 6.40. The van der Waals surface area contributed by atoms with E-state index >= 15 is 0 Å². The van der Waals surface area contributed by atoms with Crippen molar-refractivity contribution in [3.8, 4) is 33.4 Å². The Morgan fingerprint density at radius 1 is 0.462 bits per heavy atom. The molecule has 0 aliphatic heterocycles. The fourth-order valence-electron chi connectivity index (χ4n) is 9.80. The Morgan fingerprint density at radius 3 is 2.12 bits per heavy atom. The normalized spacial score (nSPS) is 14.4. The zero-order valence-corrected chi connectivity index (χ0v) is 29.6. The molecule has 0 saturated carbocycles. The first kappa shape index (κ1) is 28.7. The lowest BCUT2D eigenvalue weighted by Gasteiger charge is -2.23. The number of benzene rings is 8. The molecule has 0 amide bonds. The van der Waals surface area contributed by atoms with Crippen LogP contribution in [0.3, 0.4) is 0 Å². The third-order valence-corrected chi connectivity index (χ3v) is 13.2. The van der Waals surface area contributed by atoms with E-state index in [1.54, 1.807) is 0 Å². The van der Waals surface area contributed by atoms with Crippen LogP contribution in [0, 0.1) is 0 Å². The summed E-state index contributed by atoms with van der Waals surface area (Å²) in [5.41, 5.74) is 16.6. The van der Waals surface area contributed by atoms with Crippen molar-refractivity contribution in [3.63, 3.8) is 0 Å². The average molecular weight is 681 g/mol. The molecule has 0 spiro atoms. The Bertz CT molecular complexity index is 3160. The Kier molecular flexibility index (Phi) is 5.57. The lowest BCUT2D eigenvalue weighted by atomic mass is 9.80. The number of rotatable bonds is 4. The number of hydrogen-bond donors (Lipinski definition) is 0. The van der Waals surface area contributed by atoms with E-state index in [2.05, 4.69) is 159 Å². The summed E-state index contributed by atoms with van der Waals surface area (Å²) in [6.07, 6.45) is 0. The first-order valence-corrected chi connectivity index (χ1v) is 19.0. The molecule has 0 saturated heterocycles. The molecular formula is C50H32OS. The Hall–Kier alpha value is -5.96. The Morgan fingerprint density at radius 2 is 1.19 bits per heavy atom. The van der Waals surface area contributed by atoms with Crippen LogP contribution >= 0.6 is 11.3 Å². The van der Waals surface area contributed by atoms with Gasteiger partial charge in [-0.3, -0.25) is 0 Å². The second kappa shape index (κ2) is 10.1. The molecule has 0 N–H and O–H groups in total. The van der Waals surface area contributed by atoms with Gasteiger partial charge in [-0.1, -0.05) is 141 Å². The van der Waals surface area contributed by atoms with Crippen LogP contribution in [-0.2, 0) is 5.41 Å². The van der Waals surface area contributed by atoms with Gasteiger partial charge in [0, 0.05) is 42.3 Å². The second-order valence-corrected chi connectivity index (χ2v) is 16.2. The van der Waals surface area contributed by atoms with Gasteiger partial charge in [0.2, 0.25) is 0 Å². The van der Waals surface area contributed by atoms with Crippen molar-refractivity contribution in [2.24, 2.45) is 0 Å². The first-order valence-electron chi connectivity index (χ1n) is 18.2. The highest BCUT2D eigenvalue weighted by Gasteiger charge is 2.40. The molecule has 12 rings (SSSR count). The fourth-order valence-corrected chi connectivity index (χ4v) is 11.0. The maximum absolute atomic E-state index is 6.40. The minimum absolute atomic E-state index is 0.0437. The van der Waals surface area contributed by atoms with Crippen molar-refractivity contribution in [1.29, 1.82) is 0 Å². The molecule has 1 unspecified atom stereocenters. The van der Waals surface area contributed by atoms with Gasteiger partial charge in [-0.25, -0.2) is 0 Å². The molecule has 8 aromatic carbocycles. The zero-order chi connectivity index (χ0) is 34.3. The molecule has 244 valence electrons. The summed E-state index contributed by atoms with van der Waals surface area (Å²) in [5.74, 6) is 0.0437. The number of furan rings is 1. The van der Waals surface area contributed by atoms with Gasteiger partial charge in [0.05, 0.1) is 0 Å². The number of fused-ring (bicyclic) bond motifs is 4. The molecule has 52 heavy (non-hydrogen) atoms. The highest BCUT2D eigenvalue weighted by atomic mass is 32.1. The van der Waals surface area contributed by atoms with Gasteiger partial charge < -0.3 is 4.42 Å². The van der Waals surface area contributed by atoms with Crippen molar-refractivity contribution in [2.45, 2.75) is 25.2 Å². The molecular weight excluding hydrogens is 649 g/mol. The lowest BCUT2D eigenvalue weighted by molar-refractivity contribution is 0.661. The van der Waals surface area contributed by atoms with Crippen molar-refractivity contribution in [2.75, 3.05) is 0 Å². The highest BCUT2D eigenvalue weighted by molar-refractivity contribution is 7.26. The van der Waals surface area contributed by atoms with Crippen LogP contribution in [-0.4, -0.2) is 0 Å². The van der Waals surface area contributed by atoms with E-state index in [-0.39, 0.29) is 11.3 Å². The maximum Gasteiger partial charge on any atom is 0.135 e. The molecule has 1 atom stereocenters. The molecule has 10 aromatic rings. The fraction of sp³-hybridized carbons (Fsp3) is 0.0800. The van der Waals surface area contributed by atoms with E-state index in [9.17, 15) is 0 Å². The predicted molar refractivity (Wildman–Crippen MR) is 220 cm³/mol. The first-order chi connectivity index (χ1) is 25.5. The van der Waals surface area contributed by atoms with E-state index in [1.807, 2.05) is 17.4 Å². The van der Waals surface area contributed by atoms with Gasteiger partial charge in [0.1, 0.15) is 11.2 Å². The van der Waals surface area contributed by atoms with Crippen LogP contribution in [0.15, 0.2) is 156 Å². The molecule has 1 nitrogen and oxygen atoms in total. The second-order valence-electron chi connectivity index (χ2n) is 15.2. The summed E-state index contributed by atoms with van der Waals surface area (Å²) in [7, 11) is 0. The van der Waals surface area contributed by atoms with E-state index in [1.165, 1.54) is 92.1 Å². The minimum Gasteiger partial charge on any atom is -0.456 e. The Labute approximate surface area is 305 Å². The monoisotopic (exact) mass is 680 g/mol. The van der Waals surface area contributed by atoms with Crippen molar-refractivity contribution in [1.82, 2.24) is 0 Å². The summed E-state index contributed by atoms with van der Waals surface area (Å²) in [6, 6.07) is 56.5. The van der Waals surface area contributed by atoms with Gasteiger partial charge in [-0.2, -0.15) is 0 Å². The van der Waals surface area contributed by atoms with Crippen molar-refractivity contribution >= 4 is 64.2 Å². The smallest absolute Gasteiger partial charge is 0.135 e. The van der Waals surface area contributed by atoms with Crippen LogP contribution in [0.25, 0.3) is 86.3 Å². The lowest BCUT2D eigenvalue weighted by Crippen LogP contribution is -2.14. The third-order valence-electron chi connectivity index (χ3n) is 12.1. The molecule has 2 aliphatic carbocycles. The van der Waals surface area contributed by atoms with Gasteiger partial charge in [-0.05, 0) is 96.2 Å². The molecule has 2 aliphatic rings. The summed E-state index contributed by atoms with van der Waals surface area (Å²) in [4.78, 5) is 0. The third kappa shape index (κ3) is 3.67. The number of thiophene rings is 1. The summed E-state index contributed by atoms with van der Waals surface area (Å²) < 4.78 is 9.12. The average Bonchev–Trinajstić information content (AvgIpc) is 3.79. The molecule has 2 heterocycles. The molecule has 2 heteroatoms. The van der Waals surface area contributed by atoms with Crippen LogP contribution in [0.5, 0.6) is 0 Å². The van der Waals surface area contributed by atoms with Crippen LogP contribution in [0.2, 0.25) is 0 Å². The number of para-hydroxylation sites is 1. The molecule has 0 bridgehead atoms. The minimum atomic E-state index is -0.0671. The molecule has 0 radical (unpaired) electrons. The van der Waals surface area contributed by atoms with Crippen LogP contribution < -0.4 is 0 Å². The van der Waals surface area contributed by atoms with E-state index in [4.69, 9.17) is 4.42 Å². The topological polar surface area (TPSA) is 13.1 Å². The molecule has 0 fully saturated rings. The van der Waals surface area contributed by atoms with E-state index in [0.29, 0.717) is 0 Å². The van der Waals surface area contributed by atoms with Crippen LogP contribution in [0.4, 0.5) is 0 Å². The highest BCUT2D eigenvalue weighted by Crippen LogP contribution is 2.60. The summed E-state index contributed by atoms with van der Waals surface area (Å²) >= 11 is 1.94. The van der Waals surface area contributed by atoms with Gasteiger partial charge in [0.15, 0.2) is 0 Å². The van der Waals surface area contributed by atoms with Crippen LogP contribution in [0.1, 0.15) is 47.6 Å². The largest absolute Gasteiger partial charge is 0.456 e. The Balaban J connectivity index is 1.12. The number of hydrogen-bond acceptors (Lipinski definition) is 2. The van der Waals surface area contributed by atoms with Gasteiger partial charge >= 0.3 is 0 Å². The van der Waals surface area contributed by atoms with Gasteiger partial charge in [0.25, 0.3) is 0 Å². The zero-order valence-electron chi connectivity index (χ0n) is 28.8. The summed E-state index contributed by atoms with van der Waals surface area (Å²) in [6.45, 7) is 4.81. The SMILES string of the molecule is CC1(C)c2cccc3c2-c2c1ccc1c(-c4cccc(C(c5ccccc5)c5ccc6c(c5)oc5ccccc56)c4)cc4sc5cccc-3c5c4c21.